The molecule has 1 saturated carbocycles. The maximum atomic E-state index is 3.66. The van der Waals surface area contributed by atoms with Crippen molar-refractivity contribution in [3.63, 3.8) is 0 Å². The summed E-state index contributed by atoms with van der Waals surface area (Å²) in [6.45, 7) is 5.27. The lowest BCUT2D eigenvalue weighted by molar-refractivity contribution is 0.724. The number of hydrogen-bond acceptors (Lipinski definition) is 2. The SMILES string of the molecule is CCNCc1ccc(N(C)CC2CC2)cc1Br. The van der Waals surface area contributed by atoms with Crippen molar-refractivity contribution in [1.82, 2.24) is 5.32 Å². The molecular formula is C14H21BrN2. The van der Waals surface area contributed by atoms with Crippen LogP contribution in [0.15, 0.2) is 22.7 Å². The number of anilines is 1. The zero-order valence-corrected chi connectivity index (χ0v) is 12.3. The van der Waals surface area contributed by atoms with Crippen LogP contribution in [-0.2, 0) is 6.54 Å². The number of nitrogens with zero attached hydrogens (tertiary/aromatic N) is 1. The molecule has 0 unspecified atom stereocenters. The number of hydrogen-bond donors (Lipinski definition) is 1. The maximum absolute atomic E-state index is 3.66. The first-order chi connectivity index (χ1) is 8.20. The lowest BCUT2D eigenvalue weighted by Crippen LogP contribution is -2.20. The molecule has 0 saturated heterocycles. The summed E-state index contributed by atoms with van der Waals surface area (Å²) < 4.78 is 1.21. The fourth-order valence-corrected chi connectivity index (χ4v) is 2.48. The molecule has 1 aromatic carbocycles. The number of halogens is 1. The van der Waals surface area contributed by atoms with Gasteiger partial charge in [0, 0.05) is 30.3 Å². The molecular weight excluding hydrogens is 276 g/mol. The van der Waals surface area contributed by atoms with Crippen LogP contribution < -0.4 is 10.2 Å². The third-order valence-electron chi connectivity index (χ3n) is 3.27. The van der Waals surface area contributed by atoms with Gasteiger partial charge in [0.25, 0.3) is 0 Å². The van der Waals surface area contributed by atoms with Crippen molar-refractivity contribution in [3.05, 3.63) is 28.2 Å². The van der Waals surface area contributed by atoms with Crippen molar-refractivity contribution in [1.29, 1.82) is 0 Å². The van der Waals surface area contributed by atoms with Gasteiger partial charge in [-0.05, 0) is 43.0 Å². The monoisotopic (exact) mass is 296 g/mol. The molecule has 1 aliphatic carbocycles. The van der Waals surface area contributed by atoms with Gasteiger partial charge in [-0.3, -0.25) is 0 Å². The zero-order chi connectivity index (χ0) is 12.3. The topological polar surface area (TPSA) is 15.3 Å². The molecule has 2 nitrogen and oxygen atoms in total. The highest BCUT2D eigenvalue weighted by molar-refractivity contribution is 9.10. The molecule has 2 rings (SSSR count). The van der Waals surface area contributed by atoms with Gasteiger partial charge < -0.3 is 10.2 Å². The highest BCUT2D eigenvalue weighted by atomic mass is 79.9. The second kappa shape index (κ2) is 5.87. The minimum Gasteiger partial charge on any atom is -0.374 e. The fourth-order valence-electron chi connectivity index (χ4n) is 1.97. The molecule has 94 valence electrons. The second-order valence-corrected chi connectivity index (χ2v) is 5.73. The van der Waals surface area contributed by atoms with Crippen LogP contribution >= 0.6 is 15.9 Å². The molecule has 0 aliphatic heterocycles. The molecule has 17 heavy (non-hydrogen) atoms. The van der Waals surface area contributed by atoms with Crippen molar-refractivity contribution >= 4 is 21.6 Å². The lowest BCUT2D eigenvalue weighted by atomic mass is 10.2. The van der Waals surface area contributed by atoms with Crippen LogP contribution in [0, 0.1) is 5.92 Å². The first kappa shape index (κ1) is 12.9. The average molecular weight is 297 g/mol. The maximum Gasteiger partial charge on any atom is 0.0375 e. The molecule has 0 atom stereocenters. The number of benzene rings is 1. The summed E-state index contributed by atoms with van der Waals surface area (Å²) in [5.41, 5.74) is 2.64. The van der Waals surface area contributed by atoms with E-state index in [9.17, 15) is 0 Å². The smallest absolute Gasteiger partial charge is 0.0375 e. The van der Waals surface area contributed by atoms with Gasteiger partial charge in [-0.25, -0.2) is 0 Å². The minimum atomic E-state index is 0.931. The van der Waals surface area contributed by atoms with Gasteiger partial charge in [0.1, 0.15) is 0 Å². The van der Waals surface area contributed by atoms with Crippen LogP contribution in [0.3, 0.4) is 0 Å². The highest BCUT2D eigenvalue weighted by Gasteiger charge is 2.23. The average Bonchev–Trinajstić information content (AvgIpc) is 3.11. The third kappa shape index (κ3) is 3.71. The standard InChI is InChI=1S/C14H21BrN2/c1-3-16-9-12-6-7-13(8-14(12)15)17(2)10-11-4-5-11/h6-8,11,16H,3-5,9-10H2,1-2H3. The Morgan fingerprint density at radius 3 is 2.76 bits per heavy atom. The predicted molar refractivity (Wildman–Crippen MR) is 77.5 cm³/mol. The highest BCUT2D eigenvalue weighted by Crippen LogP contribution is 2.31. The molecule has 0 amide bonds. The van der Waals surface area contributed by atoms with Crippen LogP contribution in [-0.4, -0.2) is 20.1 Å². The Bertz CT molecular complexity index is 374. The quantitative estimate of drug-likeness (QED) is 0.865. The van der Waals surface area contributed by atoms with Gasteiger partial charge in [0.15, 0.2) is 0 Å². The van der Waals surface area contributed by atoms with E-state index in [1.807, 2.05) is 0 Å². The second-order valence-electron chi connectivity index (χ2n) is 4.88. The van der Waals surface area contributed by atoms with Crippen LogP contribution in [0.5, 0.6) is 0 Å². The molecule has 0 bridgehead atoms. The Morgan fingerprint density at radius 2 is 2.18 bits per heavy atom. The van der Waals surface area contributed by atoms with Crippen molar-refractivity contribution in [2.24, 2.45) is 5.92 Å². The Balaban J connectivity index is 2.00. The Kier molecular flexibility index (Phi) is 4.46. The predicted octanol–water partition coefficient (Wildman–Crippen LogP) is 3.40. The summed E-state index contributed by atoms with van der Waals surface area (Å²) in [6.07, 6.45) is 2.81. The van der Waals surface area contributed by atoms with E-state index in [0.29, 0.717) is 0 Å². The van der Waals surface area contributed by atoms with Crippen molar-refractivity contribution in [2.45, 2.75) is 26.3 Å². The summed E-state index contributed by atoms with van der Waals surface area (Å²) in [5.74, 6) is 0.931. The normalized spacial score (nSPS) is 15.0. The molecule has 3 heteroatoms. The lowest BCUT2D eigenvalue weighted by Gasteiger charge is -2.20. The van der Waals surface area contributed by atoms with Gasteiger partial charge in [-0.15, -0.1) is 0 Å². The largest absolute Gasteiger partial charge is 0.374 e. The van der Waals surface area contributed by atoms with Crippen molar-refractivity contribution in [3.8, 4) is 0 Å². The van der Waals surface area contributed by atoms with E-state index in [4.69, 9.17) is 0 Å². The third-order valence-corrected chi connectivity index (χ3v) is 4.01. The van der Waals surface area contributed by atoms with Gasteiger partial charge in [-0.1, -0.05) is 28.9 Å². The summed E-state index contributed by atoms with van der Waals surface area (Å²) in [7, 11) is 2.18. The Morgan fingerprint density at radius 1 is 1.41 bits per heavy atom. The minimum absolute atomic E-state index is 0.931. The number of nitrogens with one attached hydrogen (secondary N) is 1. The fraction of sp³-hybridized carbons (Fsp3) is 0.571. The van der Waals surface area contributed by atoms with E-state index in [1.165, 1.54) is 35.1 Å². The van der Waals surface area contributed by atoms with Crippen LogP contribution in [0.25, 0.3) is 0 Å². The summed E-state index contributed by atoms with van der Waals surface area (Å²) in [5, 5.41) is 3.35. The van der Waals surface area contributed by atoms with E-state index >= 15 is 0 Å². The first-order valence-corrected chi connectivity index (χ1v) is 7.20. The van der Waals surface area contributed by atoms with E-state index < -0.39 is 0 Å². The Hall–Kier alpha value is -0.540. The number of rotatable bonds is 6. The van der Waals surface area contributed by atoms with Crippen molar-refractivity contribution < 1.29 is 0 Å². The summed E-state index contributed by atoms with van der Waals surface area (Å²) in [6, 6.07) is 6.67. The van der Waals surface area contributed by atoms with Crippen LogP contribution in [0.2, 0.25) is 0 Å². The zero-order valence-electron chi connectivity index (χ0n) is 10.7. The van der Waals surface area contributed by atoms with E-state index in [-0.39, 0.29) is 0 Å². The van der Waals surface area contributed by atoms with Gasteiger partial charge >= 0.3 is 0 Å². The summed E-state index contributed by atoms with van der Waals surface area (Å²) in [4.78, 5) is 2.36. The molecule has 1 aliphatic rings. The molecule has 0 radical (unpaired) electrons. The van der Waals surface area contributed by atoms with Crippen molar-refractivity contribution in [2.75, 3.05) is 25.0 Å². The van der Waals surface area contributed by atoms with E-state index in [1.54, 1.807) is 0 Å². The molecule has 1 fully saturated rings. The van der Waals surface area contributed by atoms with E-state index in [0.717, 1.165) is 19.0 Å². The van der Waals surface area contributed by atoms with Gasteiger partial charge in [0.05, 0.1) is 0 Å². The molecule has 0 heterocycles. The van der Waals surface area contributed by atoms with E-state index in [2.05, 4.69) is 58.3 Å². The van der Waals surface area contributed by atoms with Gasteiger partial charge in [0.2, 0.25) is 0 Å². The first-order valence-electron chi connectivity index (χ1n) is 6.41. The molecule has 0 spiro atoms. The van der Waals surface area contributed by atoms with Gasteiger partial charge in [-0.2, -0.15) is 0 Å². The van der Waals surface area contributed by atoms with Crippen LogP contribution in [0.4, 0.5) is 5.69 Å². The Labute approximate surface area is 113 Å². The summed E-state index contributed by atoms with van der Waals surface area (Å²) >= 11 is 3.66. The molecule has 0 aromatic heterocycles. The van der Waals surface area contributed by atoms with Crippen LogP contribution in [0.1, 0.15) is 25.3 Å². The molecule has 1 aromatic rings. The molecule has 1 N–H and O–H groups in total.